The lowest BCUT2D eigenvalue weighted by Gasteiger charge is -2.28. The van der Waals surface area contributed by atoms with Crippen molar-refractivity contribution in [2.45, 2.75) is 33.2 Å². The van der Waals surface area contributed by atoms with Crippen LogP contribution in [0.1, 0.15) is 27.2 Å². The van der Waals surface area contributed by atoms with Gasteiger partial charge in [0.05, 0.1) is 12.0 Å². The van der Waals surface area contributed by atoms with Crippen molar-refractivity contribution < 1.29 is 14.7 Å². The van der Waals surface area contributed by atoms with E-state index in [4.69, 9.17) is 16.6 Å². The minimum absolute atomic E-state index is 0. The van der Waals surface area contributed by atoms with Crippen LogP contribution in [0.4, 0.5) is 0 Å². The molecule has 0 fully saturated rings. The molecular weight excluding hydrogens is 220 g/mol. The van der Waals surface area contributed by atoms with Gasteiger partial charge in [-0.25, -0.2) is 0 Å². The molecule has 0 aliphatic heterocycles. The Bertz CT molecular complexity index is 238. The molecule has 1 amide bonds. The number of aliphatic carboxylic acids is 1. The number of carboxylic acids is 1. The third kappa shape index (κ3) is 5.59. The molecule has 0 aromatic rings. The molecular formula is C9H19ClN2O3. The SMILES string of the molecule is CC(C)(C)[C@H](CC(N)C(N)=O)C(=O)O.Cl. The molecule has 0 heterocycles. The van der Waals surface area contributed by atoms with E-state index in [1.807, 2.05) is 0 Å². The maximum absolute atomic E-state index is 10.9. The monoisotopic (exact) mass is 238 g/mol. The summed E-state index contributed by atoms with van der Waals surface area (Å²) in [6.07, 6.45) is 0.0775. The highest BCUT2D eigenvalue weighted by atomic mass is 35.5. The number of nitrogens with two attached hydrogens (primary N) is 2. The molecule has 15 heavy (non-hydrogen) atoms. The van der Waals surface area contributed by atoms with E-state index in [0.717, 1.165) is 0 Å². The largest absolute Gasteiger partial charge is 0.481 e. The Balaban J connectivity index is 0. The number of hydrogen-bond donors (Lipinski definition) is 3. The molecule has 1 unspecified atom stereocenters. The summed E-state index contributed by atoms with van der Waals surface area (Å²) in [5, 5.41) is 8.93. The summed E-state index contributed by atoms with van der Waals surface area (Å²) in [7, 11) is 0. The molecule has 0 spiro atoms. The number of carbonyl (C=O) groups excluding carboxylic acids is 1. The zero-order valence-electron chi connectivity index (χ0n) is 9.19. The van der Waals surface area contributed by atoms with Crippen LogP contribution in [0.15, 0.2) is 0 Å². The topological polar surface area (TPSA) is 106 Å². The fraction of sp³-hybridized carbons (Fsp3) is 0.778. The fourth-order valence-corrected chi connectivity index (χ4v) is 1.19. The normalized spacial score (nSPS) is 14.9. The van der Waals surface area contributed by atoms with Gasteiger partial charge in [-0.1, -0.05) is 20.8 Å². The molecule has 0 aliphatic carbocycles. The van der Waals surface area contributed by atoms with Crippen LogP contribution >= 0.6 is 12.4 Å². The molecule has 0 rings (SSSR count). The van der Waals surface area contributed by atoms with Crippen molar-refractivity contribution in [3.8, 4) is 0 Å². The summed E-state index contributed by atoms with van der Waals surface area (Å²) >= 11 is 0. The highest BCUT2D eigenvalue weighted by molar-refractivity contribution is 5.85. The second-order valence-electron chi connectivity index (χ2n) is 4.50. The summed E-state index contributed by atoms with van der Waals surface area (Å²) in [5.41, 5.74) is 9.95. The van der Waals surface area contributed by atoms with Gasteiger partial charge in [0.15, 0.2) is 0 Å². The number of hydrogen-bond acceptors (Lipinski definition) is 3. The molecule has 0 saturated carbocycles. The Labute approximate surface area is 95.6 Å². The van der Waals surface area contributed by atoms with Gasteiger partial charge >= 0.3 is 5.97 Å². The van der Waals surface area contributed by atoms with E-state index in [9.17, 15) is 9.59 Å². The summed E-state index contributed by atoms with van der Waals surface area (Å²) < 4.78 is 0. The van der Waals surface area contributed by atoms with Crippen LogP contribution in [0.25, 0.3) is 0 Å². The summed E-state index contributed by atoms with van der Waals surface area (Å²) in [6, 6.07) is -0.893. The van der Waals surface area contributed by atoms with Gasteiger partial charge in [-0.3, -0.25) is 9.59 Å². The van der Waals surface area contributed by atoms with E-state index in [0.29, 0.717) is 0 Å². The average molecular weight is 239 g/mol. The Kier molecular flexibility index (Phi) is 6.56. The van der Waals surface area contributed by atoms with E-state index in [1.165, 1.54) is 0 Å². The number of carboxylic acid groups (broad SMARTS) is 1. The van der Waals surface area contributed by atoms with Gasteiger partial charge in [0, 0.05) is 0 Å². The number of halogens is 1. The highest BCUT2D eigenvalue weighted by Crippen LogP contribution is 2.29. The molecule has 6 heteroatoms. The van der Waals surface area contributed by atoms with E-state index in [1.54, 1.807) is 20.8 Å². The van der Waals surface area contributed by atoms with Crippen LogP contribution in [-0.4, -0.2) is 23.0 Å². The maximum atomic E-state index is 10.9. The van der Waals surface area contributed by atoms with Crippen molar-refractivity contribution in [3.63, 3.8) is 0 Å². The summed E-state index contributed by atoms with van der Waals surface area (Å²) in [4.78, 5) is 21.6. The third-order valence-corrected chi connectivity index (χ3v) is 2.20. The average Bonchev–Trinajstić information content (AvgIpc) is 1.96. The van der Waals surface area contributed by atoms with Crippen molar-refractivity contribution in [3.05, 3.63) is 0 Å². The van der Waals surface area contributed by atoms with Crippen LogP contribution in [0.5, 0.6) is 0 Å². The molecule has 90 valence electrons. The molecule has 5 N–H and O–H groups in total. The van der Waals surface area contributed by atoms with Gasteiger partial charge in [0.2, 0.25) is 5.91 Å². The zero-order valence-corrected chi connectivity index (χ0v) is 10.0. The molecule has 0 aromatic carbocycles. The Morgan fingerprint density at radius 1 is 1.33 bits per heavy atom. The predicted molar refractivity (Wildman–Crippen MR) is 59.6 cm³/mol. The predicted octanol–water partition coefficient (Wildman–Crippen LogP) is 0.358. The fourth-order valence-electron chi connectivity index (χ4n) is 1.19. The van der Waals surface area contributed by atoms with E-state index in [2.05, 4.69) is 0 Å². The molecule has 5 nitrogen and oxygen atoms in total. The first-order chi connectivity index (χ1) is 6.16. The molecule has 0 aromatic heterocycles. The van der Waals surface area contributed by atoms with E-state index >= 15 is 0 Å². The van der Waals surface area contributed by atoms with Gasteiger partial charge in [0.25, 0.3) is 0 Å². The van der Waals surface area contributed by atoms with Crippen LogP contribution in [0.3, 0.4) is 0 Å². The smallest absolute Gasteiger partial charge is 0.307 e. The number of carbonyl (C=O) groups is 2. The zero-order chi connectivity index (χ0) is 11.5. The Morgan fingerprint density at radius 2 is 1.73 bits per heavy atom. The van der Waals surface area contributed by atoms with Crippen LogP contribution in [0, 0.1) is 11.3 Å². The number of rotatable bonds is 4. The Hall–Kier alpha value is -0.810. The number of primary amides is 1. The van der Waals surface area contributed by atoms with Crippen LogP contribution in [0.2, 0.25) is 0 Å². The van der Waals surface area contributed by atoms with Crippen LogP contribution < -0.4 is 11.5 Å². The van der Waals surface area contributed by atoms with Gasteiger partial charge in [-0.05, 0) is 11.8 Å². The lowest BCUT2D eigenvalue weighted by Crippen LogP contribution is -2.42. The van der Waals surface area contributed by atoms with Crippen LogP contribution in [-0.2, 0) is 9.59 Å². The van der Waals surface area contributed by atoms with Crippen molar-refractivity contribution in [2.75, 3.05) is 0 Å². The van der Waals surface area contributed by atoms with E-state index < -0.39 is 29.3 Å². The van der Waals surface area contributed by atoms with Crippen molar-refractivity contribution in [2.24, 2.45) is 22.8 Å². The lowest BCUT2D eigenvalue weighted by atomic mass is 9.77. The highest BCUT2D eigenvalue weighted by Gasteiger charge is 2.33. The van der Waals surface area contributed by atoms with Gasteiger partial charge in [-0.2, -0.15) is 0 Å². The molecule has 0 bridgehead atoms. The first-order valence-electron chi connectivity index (χ1n) is 4.44. The second-order valence-corrected chi connectivity index (χ2v) is 4.50. The first-order valence-corrected chi connectivity index (χ1v) is 4.44. The van der Waals surface area contributed by atoms with Gasteiger partial charge in [-0.15, -0.1) is 12.4 Å². The van der Waals surface area contributed by atoms with Gasteiger partial charge in [0.1, 0.15) is 0 Å². The Morgan fingerprint density at radius 3 is 1.93 bits per heavy atom. The van der Waals surface area contributed by atoms with Crippen molar-refractivity contribution in [1.82, 2.24) is 0 Å². The standard InChI is InChI=1S/C9H18N2O3.ClH/c1-9(2,3)5(8(13)14)4-6(10)7(11)12;/h5-6H,4,10H2,1-3H3,(H2,11,12)(H,13,14);1H/t5-,6?;/m1./s1. The summed E-state index contributed by atoms with van der Waals surface area (Å²) in [5.74, 6) is -2.28. The quantitative estimate of drug-likeness (QED) is 0.657. The van der Waals surface area contributed by atoms with Gasteiger partial charge < -0.3 is 16.6 Å². The molecule has 0 aliphatic rings. The minimum atomic E-state index is -0.950. The maximum Gasteiger partial charge on any atom is 0.307 e. The van der Waals surface area contributed by atoms with Crippen molar-refractivity contribution >= 4 is 24.3 Å². The molecule has 0 saturated heterocycles. The molecule has 0 radical (unpaired) electrons. The lowest BCUT2D eigenvalue weighted by molar-refractivity contribution is -0.146. The summed E-state index contributed by atoms with van der Waals surface area (Å²) in [6.45, 7) is 5.37. The molecule has 2 atom stereocenters. The van der Waals surface area contributed by atoms with Crippen molar-refractivity contribution in [1.29, 1.82) is 0 Å². The first kappa shape index (κ1) is 16.6. The number of amides is 1. The van der Waals surface area contributed by atoms with E-state index in [-0.39, 0.29) is 18.8 Å². The third-order valence-electron chi connectivity index (χ3n) is 2.20. The second kappa shape index (κ2) is 5.92. The minimum Gasteiger partial charge on any atom is -0.481 e.